The molecule has 1 N–H and O–H groups in total. The van der Waals surface area contributed by atoms with E-state index in [-0.39, 0.29) is 21.8 Å². The van der Waals surface area contributed by atoms with Gasteiger partial charge in [0.25, 0.3) is 5.56 Å². The zero-order valence-electron chi connectivity index (χ0n) is 19.4. The summed E-state index contributed by atoms with van der Waals surface area (Å²) in [5.74, 6) is 1.99. The van der Waals surface area contributed by atoms with Gasteiger partial charge in [0.05, 0.1) is 30.3 Å². The zero-order valence-corrected chi connectivity index (χ0v) is 20.1. The highest BCUT2D eigenvalue weighted by atomic mass is 35.5. The number of aromatic nitrogens is 1. The van der Waals surface area contributed by atoms with E-state index in [1.54, 1.807) is 17.7 Å². The van der Waals surface area contributed by atoms with E-state index in [1.807, 2.05) is 48.5 Å². The number of nitrogens with one attached hydrogen (secondary N) is 1. The third-order valence-corrected chi connectivity index (χ3v) is 8.69. The SMILES string of the molecule is COc1ccc(Cn2c(=O)ccc3c(NC(=O)C45CC6CC(CC(Cl)(C6)C4)C5)cccc32)cc1. The average Bonchev–Trinajstić information content (AvgIpc) is 2.80. The third-order valence-electron chi connectivity index (χ3n) is 8.25. The summed E-state index contributed by atoms with van der Waals surface area (Å²) in [6.45, 7) is 0.444. The molecule has 0 radical (unpaired) electrons. The molecule has 4 bridgehead atoms. The van der Waals surface area contributed by atoms with E-state index in [0.29, 0.717) is 18.4 Å². The number of halogens is 1. The lowest BCUT2D eigenvalue weighted by atomic mass is 9.49. The number of carbonyl (C=O) groups is 1. The van der Waals surface area contributed by atoms with Crippen molar-refractivity contribution in [2.75, 3.05) is 12.4 Å². The normalized spacial score (nSPS) is 29.4. The van der Waals surface area contributed by atoms with E-state index in [2.05, 4.69) is 5.32 Å². The van der Waals surface area contributed by atoms with Crippen LogP contribution < -0.4 is 15.6 Å². The molecule has 2 unspecified atom stereocenters. The Morgan fingerprint density at radius 3 is 2.47 bits per heavy atom. The van der Waals surface area contributed by atoms with Crippen molar-refractivity contribution in [3.05, 3.63) is 70.5 Å². The van der Waals surface area contributed by atoms with Crippen LogP contribution in [0.2, 0.25) is 0 Å². The Labute approximate surface area is 204 Å². The molecule has 2 atom stereocenters. The zero-order chi connectivity index (χ0) is 23.5. The second-order valence-electron chi connectivity index (χ2n) is 10.7. The first-order chi connectivity index (χ1) is 16.4. The lowest BCUT2D eigenvalue weighted by Gasteiger charge is -2.59. The van der Waals surface area contributed by atoms with E-state index in [1.165, 1.54) is 6.42 Å². The molecule has 5 nitrogen and oxygen atoms in total. The molecule has 4 aliphatic rings. The molecule has 7 rings (SSSR count). The standard InChI is InChI=1S/C28H29ClN2O3/c1-34-21-7-5-18(6-8-21)16-31-24-4-2-3-23(22(24)9-10-25(31)32)30-26(33)27-12-19-11-20(13-27)15-28(29,14-19)17-27/h2-10,19-20H,11-17H2,1H3,(H,30,33). The van der Waals surface area contributed by atoms with Crippen molar-refractivity contribution in [1.29, 1.82) is 0 Å². The quantitative estimate of drug-likeness (QED) is 0.489. The lowest BCUT2D eigenvalue weighted by Crippen LogP contribution is -2.57. The molecule has 176 valence electrons. The summed E-state index contributed by atoms with van der Waals surface area (Å²) in [4.78, 5) is 26.3. The predicted octanol–water partition coefficient (Wildman–Crippen LogP) is 5.57. The molecule has 4 saturated carbocycles. The monoisotopic (exact) mass is 476 g/mol. The van der Waals surface area contributed by atoms with E-state index in [9.17, 15) is 9.59 Å². The smallest absolute Gasteiger partial charge is 0.251 e. The fourth-order valence-corrected chi connectivity index (χ4v) is 7.88. The molecule has 4 aliphatic carbocycles. The van der Waals surface area contributed by atoms with Gasteiger partial charge in [-0.25, -0.2) is 0 Å². The van der Waals surface area contributed by atoms with E-state index in [4.69, 9.17) is 16.3 Å². The minimum atomic E-state index is -0.370. The highest BCUT2D eigenvalue weighted by Gasteiger charge is 2.60. The van der Waals surface area contributed by atoms with Crippen molar-refractivity contribution in [1.82, 2.24) is 4.57 Å². The Balaban J connectivity index is 1.32. The van der Waals surface area contributed by atoms with Gasteiger partial charge in [0.1, 0.15) is 5.75 Å². The van der Waals surface area contributed by atoms with E-state index in [0.717, 1.165) is 60.0 Å². The van der Waals surface area contributed by atoms with Crippen molar-refractivity contribution in [2.45, 2.75) is 49.9 Å². The first-order valence-corrected chi connectivity index (χ1v) is 12.5. The van der Waals surface area contributed by atoms with Gasteiger partial charge >= 0.3 is 0 Å². The highest BCUT2D eigenvalue weighted by molar-refractivity contribution is 6.24. The molecule has 6 heteroatoms. The molecule has 34 heavy (non-hydrogen) atoms. The lowest BCUT2D eigenvalue weighted by molar-refractivity contribution is -0.138. The van der Waals surface area contributed by atoms with Crippen LogP contribution >= 0.6 is 11.6 Å². The summed E-state index contributed by atoms with van der Waals surface area (Å²) in [5, 5.41) is 4.13. The molecular formula is C28H29ClN2O3. The Bertz CT molecular complexity index is 1320. The van der Waals surface area contributed by atoms with E-state index < -0.39 is 0 Å². The molecule has 4 fully saturated rings. The van der Waals surface area contributed by atoms with Crippen LogP contribution in [0.15, 0.2) is 59.4 Å². The largest absolute Gasteiger partial charge is 0.497 e. The van der Waals surface area contributed by atoms with Crippen molar-refractivity contribution < 1.29 is 9.53 Å². The van der Waals surface area contributed by atoms with Gasteiger partial charge in [-0.05, 0) is 86.3 Å². The number of amides is 1. The second kappa shape index (κ2) is 7.88. The van der Waals surface area contributed by atoms with Crippen LogP contribution in [0, 0.1) is 17.3 Å². The predicted molar refractivity (Wildman–Crippen MR) is 135 cm³/mol. The number of ether oxygens (including phenoxy) is 1. The molecule has 1 heterocycles. The van der Waals surface area contributed by atoms with Crippen LogP contribution in [0.3, 0.4) is 0 Å². The van der Waals surface area contributed by atoms with Crippen molar-refractivity contribution in [3.8, 4) is 5.75 Å². The van der Waals surface area contributed by atoms with Gasteiger partial charge in [-0.1, -0.05) is 18.2 Å². The number of hydrogen-bond acceptors (Lipinski definition) is 3. The molecule has 1 aromatic heterocycles. The molecule has 0 spiro atoms. The molecular weight excluding hydrogens is 448 g/mol. The number of carbonyl (C=O) groups excluding carboxylic acids is 1. The number of alkyl halides is 1. The molecule has 1 amide bonds. The Kier molecular flexibility index (Phi) is 5.03. The highest BCUT2D eigenvalue weighted by Crippen LogP contribution is 2.64. The Morgan fingerprint density at radius 1 is 1.06 bits per heavy atom. The number of fused-ring (bicyclic) bond motifs is 1. The van der Waals surface area contributed by atoms with Gasteiger partial charge in [-0.15, -0.1) is 11.6 Å². The number of methoxy groups -OCH3 is 1. The number of benzene rings is 2. The maximum atomic E-state index is 13.7. The summed E-state index contributed by atoms with van der Waals surface area (Å²) >= 11 is 6.97. The second-order valence-corrected chi connectivity index (χ2v) is 11.5. The Hall–Kier alpha value is -2.79. The maximum absolute atomic E-state index is 13.7. The topological polar surface area (TPSA) is 60.3 Å². The van der Waals surface area contributed by atoms with Gasteiger partial charge in [-0.3, -0.25) is 9.59 Å². The van der Waals surface area contributed by atoms with Crippen molar-refractivity contribution in [2.24, 2.45) is 17.3 Å². The van der Waals surface area contributed by atoms with Crippen LogP contribution in [0.4, 0.5) is 5.69 Å². The minimum absolute atomic E-state index is 0.0723. The maximum Gasteiger partial charge on any atom is 0.251 e. The van der Waals surface area contributed by atoms with Crippen LogP contribution in [0.1, 0.15) is 44.1 Å². The molecule has 0 saturated heterocycles. The fraction of sp³-hybridized carbons (Fsp3) is 0.429. The van der Waals surface area contributed by atoms with Crippen LogP contribution in [0.5, 0.6) is 5.75 Å². The van der Waals surface area contributed by atoms with Crippen LogP contribution in [0.25, 0.3) is 10.9 Å². The Morgan fingerprint density at radius 2 is 1.79 bits per heavy atom. The van der Waals surface area contributed by atoms with E-state index >= 15 is 0 Å². The number of rotatable bonds is 5. The van der Waals surface area contributed by atoms with Gasteiger partial charge in [-0.2, -0.15) is 0 Å². The van der Waals surface area contributed by atoms with Gasteiger partial charge in [0.2, 0.25) is 5.91 Å². The van der Waals surface area contributed by atoms with Crippen molar-refractivity contribution in [3.63, 3.8) is 0 Å². The molecule has 2 aromatic carbocycles. The summed E-state index contributed by atoms with van der Waals surface area (Å²) in [7, 11) is 1.64. The summed E-state index contributed by atoms with van der Waals surface area (Å²) in [5.41, 5.74) is 2.12. The number of anilines is 1. The summed E-state index contributed by atoms with van der Waals surface area (Å²) < 4.78 is 7.00. The van der Waals surface area contributed by atoms with Gasteiger partial charge in [0.15, 0.2) is 0 Å². The first kappa shape index (κ1) is 21.7. The average molecular weight is 477 g/mol. The number of pyridine rings is 1. The van der Waals surface area contributed by atoms with Crippen LogP contribution in [-0.4, -0.2) is 22.5 Å². The third kappa shape index (κ3) is 3.61. The van der Waals surface area contributed by atoms with Crippen LogP contribution in [-0.2, 0) is 11.3 Å². The van der Waals surface area contributed by atoms with Gasteiger partial charge in [0, 0.05) is 16.3 Å². The molecule has 3 aromatic rings. The van der Waals surface area contributed by atoms with Gasteiger partial charge < -0.3 is 14.6 Å². The fourth-order valence-electron chi connectivity index (χ4n) is 7.18. The number of nitrogens with zero attached hydrogens (tertiary/aromatic N) is 1. The summed E-state index contributed by atoms with van der Waals surface area (Å²) in [6, 6.07) is 16.9. The summed E-state index contributed by atoms with van der Waals surface area (Å²) in [6.07, 6.45) is 5.97. The first-order valence-electron chi connectivity index (χ1n) is 12.1. The minimum Gasteiger partial charge on any atom is -0.497 e. The number of hydrogen-bond donors (Lipinski definition) is 1. The molecule has 0 aliphatic heterocycles. The van der Waals surface area contributed by atoms with Crippen molar-refractivity contribution >= 4 is 34.1 Å².